The zero-order chi connectivity index (χ0) is 21.1. The molecule has 0 radical (unpaired) electrons. The van der Waals surface area contributed by atoms with E-state index in [0.717, 1.165) is 17.5 Å². The van der Waals surface area contributed by atoms with E-state index in [0.29, 0.717) is 23.4 Å². The Balaban J connectivity index is 2.12. The standard InChI is InChI=1S/C23H26N2O4/c1-5-14(3)16-10-7-9-15(6-2)21(16)25-22(27)17-11-8-12-18(20(17)23(25)28)24-19(26)13-29-4/h7-12,14H,5-6,13H2,1-4H3,(H,24,26). The maximum atomic E-state index is 13.4. The van der Waals surface area contributed by atoms with Crippen molar-refractivity contribution in [1.29, 1.82) is 0 Å². The first-order chi connectivity index (χ1) is 13.9. The summed E-state index contributed by atoms with van der Waals surface area (Å²) >= 11 is 0. The zero-order valence-corrected chi connectivity index (χ0v) is 17.2. The average Bonchev–Trinajstić information content (AvgIpc) is 2.98. The molecule has 1 aliphatic heterocycles. The Labute approximate surface area is 170 Å². The second kappa shape index (κ2) is 8.57. The van der Waals surface area contributed by atoms with Gasteiger partial charge in [-0.15, -0.1) is 0 Å². The van der Waals surface area contributed by atoms with Crippen LogP contribution in [0.2, 0.25) is 0 Å². The van der Waals surface area contributed by atoms with Gasteiger partial charge in [-0.2, -0.15) is 0 Å². The fourth-order valence-corrected chi connectivity index (χ4v) is 3.70. The Morgan fingerprint density at radius 1 is 1.10 bits per heavy atom. The summed E-state index contributed by atoms with van der Waals surface area (Å²) in [4.78, 5) is 40.0. The van der Waals surface area contributed by atoms with Gasteiger partial charge in [-0.1, -0.05) is 45.0 Å². The molecular formula is C23H26N2O4. The quantitative estimate of drug-likeness (QED) is 0.716. The number of fused-ring (bicyclic) bond motifs is 1. The monoisotopic (exact) mass is 394 g/mol. The number of methoxy groups -OCH3 is 1. The number of amides is 3. The van der Waals surface area contributed by atoms with E-state index >= 15 is 0 Å². The van der Waals surface area contributed by atoms with E-state index in [-0.39, 0.29) is 29.9 Å². The van der Waals surface area contributed by atoms with E-state index in [1.165, 1.54) is 12.0 Å². The topological polar surface area (TPSA) is 75.7 Å². The van der Waals surface area contributed by atoms with Crippen LogP contribution in [-0.2, 0) is 16.0 Å². The first-order valence-electron chi connectivity index (χ1n) is 9.86. The number of para-hydroxylation sites is 1. The summed E-state index contributed by atoms with van der Waals surface area (Å²) in [6, 6.07) is 10.8. The zero-order valence-electron chi connectivity index (χ0n) is 17.2. The van der Waals surface area contributed by atoms with Crippen molar-refractivity contribution in [2.75, 3.05) is 23.9 Å². The normalized spacial score (nSPS) is 14.1. The maximum absolute atomic E-state index is 13.4. The molecule has 3 rings (SSSR count). The number of benzene rings is 2. The molecule has 1 atom stereocenters. The molecule has 1 heterocycles. The van der Waals surface area contributed by atoms with Crippen molar-refractivity contribution < 1.29 is 19.1 Å². The Bertz CT molecular complexity index is 967. The summed E-state index contributed by atoms with van der Waals surface area (Å²) in [7, 11) is 1.42. The van der Waals surface area contributed by atoms with Gasteiger partial charge in [0.1, 0.15) is 6.61 Å². The smallest absolute Gasteiger partial charge is 0.268 e. The molecule has 1 N–H and O–H groups in total. The van der Waals surface area contributed by atoms with Crippen LogP contribution in [0, 0.1) is 0 Å². The molecule has 3 amide bonds. The van der Waals surface area contributed by atoms with Gasteiger partial charge in [0.25, 0.3) is 11.8 Å². The van der Waals surface area contributed by atoms with Crippen LogP contribution in [0.5, 0.6) is 0 Å². The summed E-state index contributed by atoms with van der Waals surface area (Å²) in [5.74, 6) is -0.961. The molecule has 0 bridgehead atoms. The van der Waals surface area contributed by atoms with Crippen molar-refractivity contribution in [1.82, 2.24) is 0 Å². The van der Waals surface area contributed by atoms with Crippen LogP contribution in [0.3, 0.4) is 0 Å². The van der Waals surface area contributed by atoms with Gasteiger partial charge in [-0.05, 0) is 42.0 Å². The summed E-state index contributed by atoms with van der Waals surface area (Å²) in [6.45, 7) is 6.05. The summed E-state index contributed by atoms with van der Waals surface area (Å²) in [6.07, 6.45) is 1.59. The molecule has 6 nitrogen and oxygen atoms in total. The minimum Gasteiger partial charge on any atom is -0.375 e. The number of anilines is 2. The van der Waals surface area contributed by atoms with Gasteiger partial charge in [0.15, 0.2) is 0 Å². The molecule has 0 saturated carbocycles. The van der Waals surface area contributed by atoms with Crippen LogP contribution in [-0.4, -0.2) is 31.4 Å². The highest BCUT2D eigenvalue weighted by Gasteiger charge is 2.40. The summed E-state index contributed by atoms with van der Waals surface area (Å²) in [5.41, 5.74) is 3.44. The van der Waals surface area contributed by atoms with Crippen LogP contribution < -0.4 is 10.2 Å². The molecule has 0 fully saturated rings. The number of hydrogen-bond acceptors (Lipinski definition) is 4. The van der Waals surface area contributed by atoms with E-state index in [1.807, 2.05) is 25.1 Å². The van der Waals surface area contributed by atoms with Crippen LogP contribution in [0.25, 0.3) is 0 Å². The number of nitrogens with one attached hydrogen (secondary N) is 1. The molecule has 152 valence electrons. The minimum atomic E-state index is -0.413. The van der Waals surface area contributed by atoms with Crippen molar-refractivity contribution >= 4 is 29.1 Å². The molecular weight excluding hydrogens is 368 g/mol. The van der Waals surface area contributed by atoms with Crippen LogP contribution in [0.4, 0.5) is 11.4 Å². The molecule has 2 aromatic carbocycles. The molecule has 1 unspecified atom stereocenters. The fraction of sp³-hybridized carbons (Fsp3) is 0.348. The third kappa shape index (κ3) is 3.68. The Hall–Kier alpha value is -2.99. The summed E-state index contributed by atoms with van der Waals surface area (Å²) < 4.78 is 4.84. The average molecular weight is 394 g/mol. The van der Waals surface area contributed by atoms with Crippen LogP contribution in [0.15, 0.2) is 36.4 Å². The summed E-state index contributed by atoms with van der Waals surface area (Å²) in [5, 5.41) is 2.68. The number of imide groups is 1. The van der Waals surface area contributed by atoms with Crippen LogP contribution in [0.1, 0.15) is 65.0 Å². The van der Waals surface area contributed by atoms with Crippen molar-refractivity contribution in [3.05, 3.63) is 58.7 Å². The lowest BCUT2D eigenvalue weighted by Gasteiger charge is -2.24. The van der Waals surface area contributed by atoms with Gasteiger partial charge in [-0.3, -0.25) is 14.4 Å². The molecule has 6 heteroatoms. The highest BCUT2D eigenvalue weighted by atomic mass is 16.5. The van der Waals surface area contributed by atoms with Crippen molar-refractivity contribution in [3.63, 3.8) is 0 Å². The molecule has 1 aliphatic rings. The van der Waals surface area contributed by atoms with E-state index in [9.17, 15) is 14.4 Å². The lowest BCUT2D eigenvalue weighted by atomic mass is 9.93. The lowest BCUT2D eigenvalue weighted by molar-refractivity contribution is -0.119. The first kappa shape index (κ1) is 20.7. The molecule has 0 spiro atoms. The Kier molecular flexibility index (Phi) is 6.13. The number of nitrogens with zero attached hydrogens (tertiary/aromatic N) is 1. The number of carbonyl (C=O) groups excluding carboxylic acids is 3. The predicted octanol–water partition coefficient (Wildman–Crippen LogP) is 4.15. The Morgan fingerprint density at radius 3 is 2.48 bits per heavy atom. The van der Waals surface area contributed by atoms with E-state index in [2.05, 4.69) is 19.2 Å². The lowest BCUT2D eigenvalue weighted by Crippen LogP contribution is -2.32. The molecule has 0 aliphatic carbocycles. The molecule has 29 heavy (non-hydrogen) atoms. The predicted molar refractivity (Wildman–Crippen MR) is 113 cm³/mol. The first-order valence-corrected chi connectivity index (χ1v) is 9.86. The minimum absolute atomic E-state index is 0.133. The van der Waals surface area contributed by atoms with Gasteiger partial charge in [-0.25, -0.2) is 4.90 Å². The Morgan fingerprint density at radius 2 is 1.83 bits per heavy atom. The second-order valence-corrected chi connectivity index (χ2v) is 7.17. The van der Waals surface area contributed by atoms with Gasteiger partial charge in [0.2, 0.25) is 5.91 Å². The van der Waals surface area contributed by atoms with E-state index in [4.69, 9.17) is 4.74 Å². The van der Waals surface area contributed by atoms with Gasteiger partial charge < -0.3 is 10.1 Å². The number of aryl methyl sites for hydroxylation is 1. The third-order valence-corrected chi connectivity index (χ3v) is 5.36. The highest BCUT2D eigenvalue weighted by Crippen LogP contribution is 2.39. The van der Waals surface area contributed by atoms with Crippen molar-refractivity contribution in [2.45, 2.75) is 39.5 Å². The fourth-order valence-electron chi connectivity index (χ4n) is 3.70. The number of hydrogen-bond donors (Lipinski definition) is 1. The highest BCUT2D eigenvalue weighted by molar-refractivity contribution is 6.36. The van der Waals surface area contributed by atoms with E-state index < -0.39 is 5.91 Å². The second-order valence-electron chi connectivity index (χ2n) is 7.17. The van der Waals surface area contributed by atoms with Gasteiger partial charge in [0.05, 0.1) is 22.5 Å². The third-order valence-electron chi connectivity index (χ3n) is 5.36. The SMILES string of the molecule is CCc1cccc(C(C)CC)c1N1C(=O)c2cccc(NC(=O)COC)c2C1=O. The number of rotatable bonds is 7. The number of carbonyl (C=O) groups is 3. The van der Waals surface area contributed by atoms with Crippen LogP contribution >= 0.6 is 0 Å². The largest absolute Gasteiger partial charge is 0.375 e. The maximum Gasteiger partial charge on any atom is 0.268 e. The molecule has 0 aromatic heterocycles. The molecule has 2 aromatic rings. The van der Waals surface area contributed by atoms with E-state index in [1.54, 1.807) is 18.2 Å². The van der Waals surface area contributed by atoms with Gasteiger partial charge >= 0.3 is 0 Å². The molecule has 0 saturated heterocycles. The van der Waals surface area contributed by atoms with Crippen molar-refractivity contribution in [2.24, 2.45) is 0 Å². The van der Waals surface area contributed by atoms with Gasteiger partial charge in [0, 0.05) is 7.11 Å². The number of ether oxygens (including phenoxy) is 1. The van der Waals surface area contributed by atoms with Crippen molar-refractivity contribution in [3.8, 4) is 0 Å².